The molecule has 1 nitrogen and oxygen atoms in total. The molecule has 0 radical (unpaired) electrons. The first-order valence-corrected chi connectivity index (χ1v) is 6.68. The quantitative estimate of drug-likeness (QED) is 0.681. The summed E-state index contributed by atoms with van der Waals surface area (Å²) in [5, 5.41) is 0. The van der Waals surface area contributed by atoms with Crippen LogP contribution in [0.5, 0.6) is 0 Å². The molecule has 1 rings (SSSR count). The third-order valence-corrected chi connectivity index (χ3v) is 5.07. The monoisotopic (exact) mass is 262 g/mol. The lowest BCUT2D eigenvalue weighted by Crippen LogP contribution is -2.53. The highest BCUT2D eigenvalue weighted by molar-refractivity contribution is 9.09. The van der Waals surface area contributed by atoms with Crippen molar-refractivity contribution in [1.82, 2.24) is 0 Å². The zero-order chi connectivity index (χ0) is 10.8. The van der Waals surface area contributed by atoms with Gasteiger partial charge in [0.05, 0.1) is 6.10 Å². The predicted octanol–water partition coefficient (Wildman–Crippen LogP) is 4.00. The molecule has 14 heavy (non-hydrogen) atoms. The third-order valence-electron chi connectivity index (χ3n) is 3.65. The Bertz CT molecular complexity index is 181. The van der Waals surface area contributed by atoms with Gasteiger partial charge in [0, 0.05) is 16.8 Å². The molecule has 0 saturated heterocycles. The van der Waals surface area contributed by atoms with Gasteiger partial charge in [0.25, 0.3) is 0 Å². The summed E-state index contributed by atoms with van der Waals surface area (Å²) in [6, 6.07) is 0. The lowest BCUT2D eigenvalue weighted by molar-refractivity contribution is -0.0982. The van der Waals surface area contributed by atoms with Crippen molar-refractivity contribution in [3.63, 3.8) is 0 Å². The van der Waals surface area contributed by atoms with Gasteiger partial charge in [-0.25, -0.2) is 0 Å². The molecule has 0 heterocycles. The van der Waals surface area contributed by atoms with Crippen LogP contribution in [0.15, 0.2) is 0 Å². The SMILES string of the molecule is CCC1(C)C(Br)CC1OCCC(C)C. The Morgan fingerprint density at radius 3 is 2.57 bits per heavy atom. The van der Waals surface area contributed by atoms with Crippen LogP contribution in [-0.4, -0.2) is 17.5 Å². The summed E-state index contributed by atoms with van der Waals surface area (Å²) >= 11 is 3.72. The van der Waals surface area contributed by atoms with Crippen LogP contribution in [0.2, 0.25) is 0 Å². The van der Waals surface area contributed by atoms with Gasteiger partial charge in [0.1, 0.15) is 0 Å². The summed E-state index contributed by atoms with van der Waals surface area (Å²) in [4.78, 5) is 0.657. The van der Waals surface area contributed by atoms with Crippen LogP contribution >= 0.6 is 15.9 Å². The molecule has 0 aromatic carbocycles. The number of hydrogen-bond donors (Lipinski definition) is 0. The molecule has 0 aromatic rings. The van der Waals surface area contributed by atoms with Crippen LogP contribution < -0.4 is 0 Å². The van der Waals surface area contributed by atoms with E-state index in [-0.39, 0.29) is 0 Å². The molecule has 84 valence electrons. The second kappa shape index (κ2) is 4.98. The normalized spacial score (nSPS) is 37.3. The van der Waals surface area contributed by atoms with Gasteiger partial charge in [-0.3, -0.25) is 0 Å². The van der Waals surface area contributed by atoms with E-state index >= 15 is 0 Å². The van der Waals surface area contributed by atoms with Crippen molar-refractivity contribution < 1.29 is 4.74 Å². The van der Waals surface area contributed by atoms with E-state index in [1.807, 2.05) is 0 Å². The molecule has 3 atom stereocenters. The minimum atomic E-state index is 0.372. The lowest BCUT2D eigenvalue weighted by atomic mass is 9.66. The van der Waals surface area contributed by atoms with Crippen LogP contribution in [0.4, 0.5) is 0 Å². The van der Waals surface area contributed by atoms with Gasteiger partial charge in [-0.15, -0.1) is 0 Å². The number of halogens is 1. The van der Waals surface area contributed by atoms with Gasteiger partial charge in [-0.05, 0) is 25.2 Å². The fourth-order valence-corrected chi connectivity index (χ4v) is 2.88. The van der Waals surface area contributed by atoms with E-state index in [0.29, 0.717) is 16.3 Å². The Hall–Kier alpha value is 0.440. The van der Waals surface area contributed by atoms with E-state index in [1.54, 1.807) is 0 Å². The first kappa shape index (κ1) is 12.5. The Kier molecular flexibility index (Phi) is 4.45. The average molecular weight is 263 g/mol. The van der Waals surface area contributed by atoms with Crippen LogP contribution in [0.3, 0.4) is 0 Å². The van der Waals surface area contributed by atoms with E-state index in [0.717, 1.165) is 12.5 Å². The largest absolute Gasteiger partial charge is 0.378 e. The number of ether oxygens (including phenoxy) is 1. The Labute approximate surface area is 96.7 Å². The maximum atomic E-state index is 5.94. The number of alkyl halides is 1. The first-order valence-electron chi connectivity index (χ1n) is 5.76. The van der Waals surface area contributed by atoms with Crippen molar-refractivity contribution >= 4 is 15.9 Å². The summed E-state index contributed by atoms with van der Waals surface area (Å²) in [6.45, 7) is 10.0. The molecule has 0 aliphatic heterocycles. The minimum Gasteiger partial charge on any atom is -0.378 e. The molecule has 2 heteroatoms. The molecular formula is C12H23BrO. The molecule has 0 spiro atoms. The van der Waals surface area contributed by atoms with Crippen molar-refractivity contribution in [3.05, 3.63) is 0 Å². The smallest absolute Gasteiger partial charge is 0.0650 e. The molecule has 3 unspecified atom stereocenters. The van der Waals surface area contributed by atoms with E-state index < -0.39 is 0 Å². The topological polar surface area (TPSA) is 9.23 Å². The van der Waals surface area contributed by atoms with Crippen LogP contribution in [0.25, 0.3) is 0 Å². The van der Waals surface area contributed by atoms with Gasteiger partial charge in [-0.2, -0.15) is 0 Å². The Balaban J connectivity index is 2.26. The molecule has 1 saturated carbocycles. The Morgan fingerprint density at radius 2 is 2.14 bits per heavy atom. The Morgan fingerprint density at radius 1 is 1.50 bits per heavy atom. The van der Waals surface area contributed by atoms with Gasteiger partial charge in [0.15, 0.2) is 0 Å². The van der Waals surface area contributed by atoms with E-state index in [1.165, 1.54) is 19.3 Å². The highest BCUT2D eigenvalue weighted by atomic mass is 79.9. The van der Waals surface area contributed by atoms with Gasteiger partial charge in [0.2, 0.25) is 0 Å². The molecule has 1 aliphatic carbocycles. The van der Waals surface area contributed by atoms with Crippen molar-refractivity contribution in [2.45, 2.75) is 57.9 Å². The number of hydrogen-bond acceptors (Lipinski definition) is 1. The van der Waals surface area contributed by atoms with E-state index in [4.69, 9.17) is 4.74 Å². The second-order valence-electron chi connectivity index (χ2n) is 5.10. The van der Waals surface area contributed by atoms with E-state index in [9.17, 15) is 0 Å². The average Bonchev–Trinajstić information content (AvgIpc) is 2.15. The fraction of sp³-hybridized carbons (Fsp3) is 1.00. The zero-order valence-electron chi connectivity index (χ0n) is 9.85. The zero-order valence-corrected chi connectivity index (χ0v) is 11.4. The molecule has 0 N–H and O–H groups in total. The maximum Gasteiger partial charge on any atom is 0.0650 e. The minimum absolute atomic E-state index is 0.372. The van der Waals surface area contributed by atoms with Gasteiger partial charge >= 0.3 is 0 Å². The van der Waals surface area contributed by atoms with Crippen molar-refractivity contribution in [2.24, 2.45) is 11.3 Å². The maximum absolute atomic E-state index is 5.94. The molecule has 0 bridgehead atoms. The van der Waals surface area contributed by atoms with Crippen LogP contribution in [0.1, 0.15) is 47.0 Å². The van der Waals surface area contributed by atoms with E-state index in [2.05, 4.69) is 43.6 Å². The van der Waals surface area contributed by atoms with Crippen molar-refractivity contribution in [2.75, 3.05) is 6.61 Å². The molecule has 1 aliphatic rings. The number of rotatable bonds is 5. The fourth-order valence-electron chi connectivity index (χ4n) is 1.92. The summed E-state index contributed by atoms with van der Waals surface area (Å²) in [7, 11) is 0. The summed E-state index contributed by atoms with van der Waals surface area (Å²) in [5.41, 5.74) is 0.372. The van der Waals surface area contributed by atoms with Crippen LogP contribution in [-0.2, 0) is 4.74 Å². The predicted molar refractivity (Wildman–Crippen MR) is 64.9 cm³/mol. The molecule has 0 amide bonds. The molecular weight excluding hydrogens is 240 g/mol. The van der Waals surface area contributed by atoms with Crippen molar-refractivity contribution in [3.8, 4) is 0 Å². The van der Waals surface area contributed by atoms with Gasteiger partial charge in [-0.1, -0.05) is 43.6 Å². The van der Waals surface area contributed by atoms with Crippen molar-refractivity contribution in [1.29, 1.82) is 0 Å². The highest BCUT2D eigenvalue weighted by Gasteiger charge is 2.49. The van der Waals surface area contributed by atoms with Gasteiger partial charge < -0.3 is 4.74 Å². The summed E-state index contributed by atoms with van der Waals surface area (Å²) in [5.74, 6) is 0.753. The molecule has 1 fully saturated rings. The summed E-state index contributed by atoms with van der Waals surface area (Å²) < 4.78 is 5.94. The summed E-state index contributed by atoms with van der Waals surface area (Å²) in [6.07, 6.45) is 4.05. The second-order valence-corrected chi connectivity index (χ2v) is 6.21. The molecule has 0 aromatic heterocycles. The standard InChI is InChI=1S/C12H23BrO/c1-5-12(4)10(13)8-11(12)14-7-6-9(2)3/h9-11H,5-8H2,1-4H3. The first-order chi connectivity index (χ1) is 6.50. The highest BCUT2D eigenvalue weighted by Crippen LogP contribution is 2.50. The third kappa shape index (κ3) is 2.52. The van der Waals surface area contributed by atoms with Crippen LogP contribution in [0, 0.1) is 11.3 Å². The lowest BCUT2D eigenvalue weighted by Gasteiger charge is -2.51.